The number of nitrogens with two attached hydrogens (primary N) is 4. The Kier molecular flexibility index (Phi) is 21.8. The zero-order valence-electron chi connectivity index (χ0n) is 40.7. The highest BCUT2D eigenvalue weighted by Crippen LogP contribution is 2.22. The Morgan fingerprint density at radius 3 is 1.96 bits per heavy atom. The lowest BCUT2D eigenvalue weighted by Gasteiger charge is -2.29. The second kappa shape index (κ2) is 27.6. The van der Waals surface area contributed by atoms with Crippen molar-refractivity contribution in [1.29, 1.82) is 0 Å². The molecule has 0 saturated carbocycles. The Morgan fingerprint density at radius 1 is 0.676 bits per heavy atom. The molecule has 71 heavy (non-hydrogen) atoms. The van der Waals surface area contributed by atoms with Crippen LogP contribution in [0.1, 0.15) is 102 Å². The van der Waals surface area contributed by atoms with Crippen molar-refractivity contribution in [2.75, 3.05) is 6.54 Å². The third kappa shape index (κ3) is 17.4. The summed E-state index contributed by atoms with van der Waals surface area (Å²) >= 11 is 0. The van der Waals surface area contributed by atoms with E-state index in [-0.39, 0.29) is 56.7 Å². The van der Waals surface area contributed by atoms with Crippen molar-refractivity contribution in [2.45, 2.75) is 128 Å². The number of fused-ring (bicyclic) bond motifs is 2. The van der Waals surface area contributed by atoms with Gasteiger partial charge in [-0.05, 0) is 73.4 Å². The normalized spacial score (nSPS) is 14.5. The molecule has 21 nitrogen and oxygen atoms in total. The van der Waals surface area contributed by atoms with Crippen LogP contribution in [0.2, 0.25) is 0 Å². The number of Topliss-reactive ketones (excluding diaryl/α,β-unsaturated/α-hetero) is 1. The lowest BCUT2D eigenvalue weighted by atomic mass is 9.88. The quantitative estimate of drug-likeness (QED) is 0.0207. The van der Waals surface area contributed by atoms with E-state index in [4.69, 9.17) is 22.9 Å². The van der Waals surface area contributed by atoms with Crippen molar-refractivity contribution < 1.29 is 43.5 Å². The van der Waals surface area contributed by atoms with E-state index in [9.17, 15) is 43.5 Å². The molecule has 7 amide bonds. The summed E-state index contributed by atoms with van der Waals surface area (Å²) < 4.78 is 0. The van der Waals surface area contributed by atoms with Gasteiger partial charge in [0.2, 0.25) is 35.4 Å². The molecule has 4 aromatic rings. The molecule has 382 valence electrons. The number of hydrogen-bond donors (Lipinski definition) is 10. The van der Waals surface area contributed by atoms with Crippen molar-refractivity contribution in [2.24, 2.45) is 39.8 Å². The lowest BCUT2D eigenvalue weighted by Crippen LogP contribution is -2.59. The third-order valence-corrected chi connectivity index (χ3v) is 12.1. The van der Waals surface area contributed by atoms with E-state index in [1.807, 2.05) is 49.4 Å². The second-order valence-corrected chi connectivity index (χ2v) is 17.7. The Balaban J connectivity index is 1.60. The number of hydrogen-bond acceptors (Lipinski definition) is 12. The molecule has 8 atom stereocenters. The van der Waals surface area contributed by atoms with E-state index in [1.54, 1.807) is 38.1 Å². The maximum atomic E-state index is 14.6. The van der Waals surface area contributed by atoms with Gasteiger partial charge < -0.3 is 54.6 Å². The molecule has 21 heteroatoms. The van der Waals surface area contributed by atoms with E-state index < -0.39 is 102 Å². The Labute approximate surface area is 412 Å². The van der Waals surface area contributed by atoms with Crippen LogP contribution < -0.4 is 49.5 Å². The summed E-state index contributed by atoms with van der Waals surface area (Å²) in [5, 5.41) is 25.7. The largest absolute Gasteiger partial charge is 0.391 e. The zero-order valence-corrected chi connectivity index (χ0v) is 40.7. The van der Waals surface area contributed by atoms with Gasteiger partial charge in [-0.1, -0.05) is 94.6 Å². The van der Waals surface area contributed by atoms with Gasteiger partial charge in [-0.3, -0.25) is 48.3 Å². The SMILES string of the molecule is CCCC[C@H](NC(=O)[C@@H](NC(=O)[C@@H](NC(=O)c1cnc2ccccc2n1)[C@@H](C)O)[C@@H](C)CC)C(=O)CC(Cc1ccc2ccccc2c1)C(=O)N[C@@H](CCC(N)=O)C(=O)N[C@@H](CCCN=C(N)N)C(N)=O. The molecule has 0 aliphatic rings. The van der Waals surface area contributed by atoms with Crippen molar-refractivity contribution >= 4 is 74.9 Å². The van der Waals surface area contributed by atoms with Crippen LogP contribution in [0.25, 0.3) is 21.8 Å². The smallest absolute Gasteiger partial charge is 0.272 e. The monoisotopic (exact) mass is 981 g/mol. The molecule has 1 heterocycles. The summed E-state index contributed by atoms with van der Waals surface area (Å²) in [7, 11) is 0. The zero-order chi connectivity index (χ0) is 52.2. The number of nitrogens with one attached hydrogen (secondary N) is 5. The molecule has 14 N–H and O–H groups in total. The first-order valence-corrected chi connectivity index (χ1v) is 23.9. The first-order valence-electron chi connectivity index (χ1n) is 23.9. The van der Waals surface area contributed by atoms with Crippen LogP contribution in [0.4, 0.5) is 0 Å². The van der Waals surface area contributed by atoms with Crippen LogP contribution in [0.5, 0.6) is 0 Å². The number of carbonyl (C=O) groups excluding carboxylic acids is 8. The van der Waals surface area contributed by atoms with Gasteiger partial charge in [0.15, 0.2) is 11.7 Å². The maximum absolute atomic E-state index is 14.6. The average Bonchev–Trinajstić information content (AvgIpc) is 3.34. The molecule has 1 unspecified atom stereocenters. The molecule has 1 aromatic heterocycles. The minimum absolute atomic E-state index is 0.0124. The number of aliphatic imine (C=N–C) groups is 1. The maximum Gasteiger partial charge on any atom is 0.272 e. The number of guanidine groups is 1. The number of rotatable bonds is 29. The fourth-order valence-corrected chi connectivity index (χ4v) is 7.81. The summed E-state index contributed by atoms with van der Waals surface area (Å²) in [6.07, 6.45) is 0.894. The van der Waals surface area contributed by atoms with E-state index >= 15 is 0 Å². The fourth-order valence-electron chi connectivity index (χ4n) is 7.81. The number of aliphatic hydroxyl groups is 1. The number of benzene rings is 3. The molecule has 0 radical (unpaired) electrons. The predicted molar refractivity (Wildman–Crippen MR) is 267 cm³/mol. The number of amides is 7. The molecule has 0 saturated heterocycles. The van der Waals surface area contributed by atoms with Gasteiger partial charge in [0.05, 0.1) is 29.4 Å². The molecule has 0 spiro atoms. The van der Waals surface area contributed by atoms with E-state index in [0.29, 0.717) is 35.9 Å². The molecular weight excluding hydrogens is 913 g/mol. The van der Waals surface area contributed by atoms with Crippen molar-refractivity contribution in [3.8, 4) is 0 Å². The standard InChI is InChI=1S/C50H68N12O9/c1-5-7-15-36(58-48(70)42(28(3)6-2)61-49(71)43(29(4)63)62-47(69)39-27-56-34-16-10-11-17-35(34)57-39)40(64)26-33(25-30-19-20-31-13-8-9-14-32(31)24-30)45(67)60-38(21-22-41(51)65)46(68)59-37(44(52)66)18-12-23-55-50(53)54/h8-11,13-14,16-17,19-20,24,27-29,33,36-38,42-43,63H,5-7,12,15,18,21-23,25-26H2,1-4H3,(H2,51,65)(H2,52,66)(H,58,70)(H,59,68)(H,60,67)(H,61,71)(H,62,69)(H4,53,54,55)/t28-,29+,33?,36-,37-,38-,42-,43-/m0/s1. The number of ketones is 1. The molecule has 0 fully saturated rings. The van der Waals surface area contributed by atoms with Gasteiger partial charge in [0.1, 0.15) is 29.9 Å². The van der Waals surface area contributed by atoms with Crippen molar-refractivity contribution in [3.63, 3.8) is 0 Å². The van der Waals surface area contributed by atoms with Crippen molar-refractivity contribution in [1.82, 2.24) is 36.6 Å². The number of para-hydroxylation sites is 2. The minimum Gasteiger partial charge on any atom is -0.391 e. The van der Waals surface area contributed by atoms with Gasteiger partial charge in [-0.25, -0.2) is 4.98 Å². The van der Waals surface area contributed by atoms with Crippen LogP contribution in [-0.4, -0.2) is 111 Å². The molecule has 0 aliphatic carbocycles. The number of primary amides is 2. The van der Waals surface area contributed by atoms with Gasteiger partial charge in [0.25, 0.3) is 5.91 Å². The number of carbonyl (C=O) groups is 8. The van der Waals surface area contributed by atoms with Gasteiger partial charge >= 0.3 is 0 Å². The Morgan fingerprint density at radius 2 is 1.31 bits per heavy atom. The number of nitrogens with zero attached hydrogens (tertiary/aromatic N) is 3. The van der Waals surface area contributed by atoms with Crippen LogP contribution in [-0.2, 0) is 40.0 Å². The molecule has 0 aliphatic heterocycles. The van der Waals surface area contributed by atoms with E-state index in [2.05, 4.69) is 41.5 Å². The van der Waals surface area contributed by atoms with Crippen LogP contribution in [0, 0.1) is 11.8 Å². The van der Waals surface area contributed by atoms with Gasteiger partial charge in [-0.15, -0.1) is 0 Å². The van der Waals surface area contributed by atoms with Gasteiger partial charge in [-0.2, -0.15) is 0 Å². The van der Waals surface area contributed by atoms with E-state index in [0.717, 1.165) is 10.8 Å². The molecule has 0 bridgehead atoms. The number of aliphatic hydroxyl groups excluding tert-OH is 1. The fraction of sp³-hybridized carbons (Fsp3) is 0.460. The Hall–Kier alpha value is -7.55. The van der Waals surface area contributed by atoms with Crippen LogP contribution >= 0.6 is 0 Å². The highest BCUT2D eigenvalue weighted by atomic mass is 16.3. The molecule has 3 aromatic carbocycles. The summed E-state index contributed by atoms with van der Waals surface area (Å²) in [6, 6.07) is 13.6. The highest BCUT2D eigenvalue weighted by Gasteiger charge is 2.36. The predicted octanol–water partition coefficient (Wildman–Crippen LogP) is 1.06. The minimum atomic E-state index is -1.52. The summed E-state index contributed by atoms with van der Waals surface area (Å²) in [5.74, 6) is -7.84. The Bertz CT molecular complexity index is 2550. The van der Waals surface area contributed by atoms with Crippen molar-refractivity contribution in [3.05, 3.63) is 84.2 Å². The molecular formula is C50H68N12O9. The number of aromatic nitrogens is 2. The topological polar surface area (TPSA) is 359 Å². The third-order valence-electron chi connectivity index (χ3n) is 12.1. The first-order chi connectivity index (χ1) is 33.8. The van der Waals surface area contributed by atoms with Crippen LogP contribution in [0.15, 0.2) is 77.9 Å². The summed E-state index contributed by atoms with van der Waals surface area (Å²) in [4.78, 5) is 121. The number of unbranched alkanes of at least 4 members (excludes halogenated alkanes) is 1. The highest BCUT2D eigenvalue weighted by molar-refractivity contribution is 5.99. The van der Waals surface area contributed by atoms with Crippen LogP contribution in [0.3, 0.4) is 0 Å². The average molecular weight is 981 g/mol. The second-order valence-electron chi connectivity index (χ2n) is 17.7. The first kappa shape index (κ1) is 56.0. The lowest BCUT2D eigenvalue weighted by molar-refractivity contribution is -0.136. The van der Waals surface area contributed by atoms with E-state index in [1.165, 1.54) is 13.1 Å². The molecule has 4 rings (SSSR count). The van der Waals surface area contributed by atoms with Gasteiger partial charge in [0, 0.05) is 25.3 Å². The summed E-state index contributed by atoms with van der Waals surface area (Å²) in [6.45, 7) is 6.88. The summed E-state index contributed by atoms with van der Waals surface area (Å²) in [5.41, 5.74) is 23.4.